The number of hydrogen-bond donors (Lipinski definition) is 2. The molecule has 0 radical (unpaired) electrons. The molecule has 0 fully saturated rings. The molecule has 0 aliphatic rings. The number of ether oxygens (including phenoxy) is 2. The maximum absolute atomic E-state index is 12.5. The quantitative estimate of drug-likeness (QED) is 0.544. The molecule has 0 aliphatic heterocycles. The van der Waals surface area contributed by atoms with Gasteiger partial charge < -0.3 is 25.0 Å². The fraction of sp³-hybridized carbons (Fsp3) is 0.360. The van der Waals surface area contributed by atoms with Crippen molar-refractivity contribution in [2.24, 2.45) is 0 Å². The maximum Gasteiger partial charge on any atom is 0.408 e. The van der Waals surface area contributed by atoms with Crippen molar-refractivity contribution in [3.8, 4) is 5.75 Å². The van der Waals surface area contributed by atoms with Crippen LogP contribution in [0, 0.1) is 0 Å². The van der Waals surface area contributed by atoms with Gasteiger partial charge in [0.25, 0.3) is 0 Å². The van der Waals surface area contributed by atoms with Gasteiger partial charge in [-0.1, -0.05) is 12.1 Å². The number of aromatic nitrogens is 2. The number of rotatable bonds is 7. The molecular weight excluding hydrogens is 434 g/mol. The highest BCUT2D eigenvalue weighted by molar-refractivity contribution is 5.91. The summed E-state index contributed by atoms with van der Waals surface area (Å²) in [5.74, 6) is 1.56. The van der Waals surface area contributed by atoms with Gasteiger partial charge in [-0.15, -0.1) is 0 Å². The van der Waals surface area contributed by atoms with Crippen LogP contribution >= 0.6 is 0 Å². The first kappa shape index (κ1) is 24.8. The molecule has 34 heavy (non-hydrogen) atoms. The third-order valence-corrected chi connectivity index (χ3v) is 4.95. The van der Waals surface area contributed by atoms with Crippen molar-refractivity contribution in [2.45, 2.75) is 45.9 Å². The van der Waals surface area contributed by atoms with Crippen LogP contribution in [-0.2, 0) is 16.1 Å². The second-order valence-corrected chi connectivity index (χ2v) is 8.82. The van der Waals surface area contributed by atoms with Gasteiger partial charge in [-0.25, -0.2) is 14.8 Å². The number of hydrogen-bond acceptors (Lipinski definition) is 7. The molecule has 0 spiro atoms. The topological polar surface area (TPSA) is 106 Å². The van der Waals surface area contributed by atoms with Crippen molar-refractivity contribution in [1.82, 2.24) is 20.6 Å². The minimum absolute atomic E-state index is 0.105. The number of nitrogens with zero attached hydrogens (tertiary/aromatic N) is 3. The zero-order valence-corrected chi connectivity index (χ0v) is 20.4. The molecule has 2 aromatic carbocycles. The van der Waals surface area contributed by atoms with E-state index in [9.17, 15) is 9.59 Å². The fourth-order valence-electron chi connectivity index (χ4n) is 3.24. The molecule has 3 rings (SSSR count). The number of alkyl carbamates (subject to hydrolysis) is 1. The van der Waals surface area contributed by atoms with Crippen LogP contribution in [0.5, 0.6) is 5.75 Å². The predicted molar refractivity (Wildman–Crippen MR) is 131 cm³/mol. The van der Waals surface area contributed by atoms with Crippen LogP contribution in [0.2, 0.25) is 0 Å². The average molecular weight is 466 g/mol. The minimum atomic E-state index is -0.781. The summed E-state index contributed by atoms with van der Waals surface area (Å²) < 4.78 is 10.4. The summed E-state index contributed by atoms with van der Waals surface area (Å²) >= 11 is 0. The van der Waals surface area contributed by atoms with E-state index in [0.717, 1.165) is 22.3 Å². The maximum atomic E-state index is 12.5. The molecule has 1 atom stereocenters. The van der Waals surface area contributed by atoms with Crippen LogP contribution in [0.3, 0.4) is 0 Å². The van der Waals surface area contributed by atoms with Gasteiger partial charge in [-0.05, 0) is 64.1 Å². The van der Waals surface area contributed by atoms with E-state index < -0.39 is 17.7 Å². The van der Waals surface area contributed by atoms with Gasteiger partial charge in [0.05, 0.1) is 19.2 Å². The highest BCUT2D eigenvalue weighted by Crippen LogP contribution is 2.29. The number of para-hydroxylation sites is 1. The Labute approximate surface area is 199 Å². The number of benzene rings is 2. The zero-order valence-electron chi connectivity index (χ0n) is 20.4. The molecule has 1 aromatic heterocycles. The Morgan fingerprint density at radius 1 is 1.06 bits per heavy atom. The molecule has 2 N–H and O–H groups in total. The van der Waals surface area contributed by atoms with Gasteiger partial charge in [-0.3, -0.25) is 4.79 Å². The van der Waals surface area contributed by atoms with E-state index >= 15 is 0 Å². The standard InChI is InChI=1S/C25H31N5O4/c1-16(27-24(32)34-25(2,3)4)23(31)26-15-21-28-20-10-8-7-9-19(20)22(29-21)30(5)17-11-13-18(33-6)14-12-17/h7-14,16H,15H2,1-6H3,(H,26,31)(H,27,32). The first-order chi connectivity index (χ1) is 16.1. The summed E-state index contributed by atoms with van der Waals surface area (Å²) in [4.78, 5) is 35.7. The summed E-state index contributed by atoms with van der Waals surface area (Å²) in [6.07, 6.45) is -0.652. The molecule has 180 valence electrons. The van der Waals surface area contributed by atoms with E-state index in [1.165, 1.54) is 0 Å². The number of fused-ring (bicyclic) bond motifs is 1. The Morgan fingerprint density at radius 2 is 1.74 bits per heavy atom. The molecule has 0 saturated carbocycles. The molecule has 0 bridgehead atoms. The van der Waals surface area contributed by atoms with Crippen molar-refractivity contribution in [3.63, 3.8) is 0 Å². The SMILES string of the molecule is COc1ccc(N(C)c2nc(CNC(=O)C(C)NC(=O)OC(C)(C)C)nc3ccccc23)cc1. The van der Waals surface area contributed by atoms with E-state index in [-0.39, 0.29) is 12.5 Å². The lowest BCUT2D eigenvalue weighted by Gasteiger charge is -2.22. The highest BCUT2D eigenvalue weighted by atomic mass is 16.6. The second-order valence-electron chi connectivity index (χ2n) is 8.82. The van der Waals surface area contributed by atoms with Gasteiger partial charge in [0.15, 0.2) is 5.82 Å². The number of carbonyl (C=O) groups is 2. The Morgan fingerprint density at radius 3 is 2.38 bits per heavy atom. The molecule has 3 aromatic rings. The fourth-order valence-corrected chi connectivity index (χ4v) is 3.24. The van der Waals surface area contributed by atoms with Crippen molar-refractivity contribution in [3.05, 3.63) is 54.4 Å². The van der Waals surface area contributed by atoms with Crippen LogP contribution in [-0.4, -0.2) is 47.8 Å². The minimum Gasteiger partial charge on any atom is -0.497 e. The summed E-state index contributed by atoms with van der Waals surface area (Å²) in [6, 6.07) is 14.6. The Balaban J connectivity index is 1.77. The number of methoxy groups -OCH3 is 1. The predicted octanol–water partition coefficient (Wildman–Crippen LogP) is 3.94. The van der Waals surface area contributed by atoms with Crippen LogP contribution < -0.4 is 20.3 Å². The largest absolute Gasteiger partial charge is 0.497 e. The molecule has 2 amide bonds. The molecule has 1 unspecified atom stereocenters. The third-order valence-electron chi connectivity index (χ3n) is 4.95. The van der Waals surface area contributed by atoms with Crippen LogP contribution in [0.4, 0.5) is 16.3 Å². The third kappa shape index (κ3) is 6.34. The van der Waals surface area contributed by atoms with E-state index in [1.807, 2.05) is 60.5 Å². The molecular formula is C25H31N5O4. The molecule has 0 aliphatic carbocycles. The average Bonchev–Trinajstić information content (AvgIpc) is 2.80. The molecule has 9 heteroatoms. The van der Waals surface area contributed by atoms with Gasteiger partial charge in [0.2, 0.25) is 5.91 Å². The summed E-state index contributed by atoms with van der Waals surface area (Å²) in [5, 5.41) is 6.20. The van der Waals surface area contributed by atoms with E-state index in [0.29, 0.717) is 11.6 Å². The summed E-state index contributed by atoms with van der Waals surface area (Å²) in [7, 11) is 3.55. The van der Waals surface area contributed by atoms with Gasteiger partial charge in [0.1, 0.15) is 23.2 Å². The highest BCUT2D eigenvalue weighted by Gasteiger charge is 2.21. The first-order valence-corrected chi connectivity index (χ1v) is 11.0. The molecule has 0 saturated heterocycles. The lowest BCUT2D eigenvalue weighted by atomic mass is 10.2. The number of amides is 2. The van der Waals surface area contributed by atoms with Crippen molar-refractivity contribution >= 4 is 34.4 Å². The Bertz CT molecular complexity index is 1160. The molecule has 1 heterocycles. The van der Waals surface area contributed by atoms with E-state index in [1.54, 1.807) is 34.8 Å². The second kappa shape index (κ2) is 10.4. The van der Waals surface area contributed by atoms with Gasteiger partial charge >= 0.3 is 6.09 Å². The zero-order chi connectivity index (χ0) is 24.9. The van der Waals surface area contributed by atoms with Gasteiger partial charge in [-0.2, -0.15) is 0 Å². The van der Waals surface area contributed by atoms with Crippen LogP contribution in [0.25, 0.3) is 10.9 Å². The first-order valence-electron chi connectivity index (χ1n) is 11.0. The van der Waals surface area contributed by atoms with Gasteiger partial charge in [0, 0.05) is 18.1 Å². The Kier molecular flexibility index (Phi) is 7.55. The summed E-state index contributed by atoms with van der Waals surface area (Å²) in [6.45, 7) is 6.97. The van der Waals surface area contributed by atoms with Crippen molar-refractivity contribution in [1.29, 1.82) is 0 Å². The van der Waals surface area contributed by atoms with E-state index in [2.05, 4.69) is 15.6 Å². The number of nitrogens with one attached hydrogen (secondary N) is 2. The monoisotopic (exact) mass is 465 g/mol. The lowest BCUT2D eigenvalue weighted by molar-refractivity contribution is -0.123. The smallest absolute Gasteiger partial charge is 0.408 e. The van der Waals surface area contributed by atoms with Crippen LogP contribution in [0.1, 0.15) is 33.5 Å². The summed E-state index contributed by atoms with van der Waals surface area (Å²) in [5.41, 5.74) is 1.04. The van der Waals surface area contributed by atoms with Crippen molar-refractivity contribution < 1.29 is 19.1 Å². The number of anilines is 2. The Hall–Kier alpha value is -3.88. The normalized spacial score (nSPS) is 12.1. The van der Waals surface area contributed by atoms with E-state index in [4.69, 9.17) is 14.5 Å². The van der Waals surface area contributed by atoms with Crippen molar-refractivity contribution in [2.75, 3.05) is 19.1 Å². The van der Waals surface area contributed by atoms with Crippen LogP contribution in [0.15, 0.2) is 48.5 Å². The molecule has 9 nitrogen and oxygen atoms in total. The lowest BCUT2D eigenvalue weighted by Crippen LogP contribution is -2.46. The number of carbonyl (C=O) groups excluding carboxylic acids is 2.